The van der Waals surface area contributed by atoms with Gasteiger partial charge in [-0.15, -0.1) is 0 Å². The predicted octanol–water partition coefficient (Wildman–Crippen LogP) is -2.67. The second-order valence-electron chi connectivity index (χ2n) is 3.57. The lowest BCUT2D eigenvalue weighted by Crippen LogP contribution is -2.66. The Kier molecular flexibility index (Phi) is 2.65. The van der Waals surface area contributed by atoms with Gasteiger partial charge in [0, 0.05) is 0 Å². The van der Waals surface area contributed by atoms with Crippen LogP contribution in [0.15, 0.2) is 0 Å². The molecule has 1 saturated carbocycles. The molecule has 1 aliphatic heterocycles. The van der Waals surface area contributed by atoms with Crippen molar-refractivity contribution < 1.29 is 38.9 Å². The molecule has 0 spiro atoms. The zero-order chi connectivity index (χ0) is 11.4. The molecule has 8 nitrogen and oxygen atoms in total. The summed E-state index contributed by atoms with van der Waals surface area (Å²) in [5.41, 5.74) is 0. The number of rotatable bonds is 0. The van der Waals surface area contributed by atoms with Crippen LogP contribution in [-0.4, -0.2) is 61.9 Å². The van der Waals surface area contributed by atoms with E-state index in [1.807, 2.05) is 0 Å². The number of hydrogen-bond acceptors (Lipinski definition) is 7. The molecule has 7 atom stereocenters. The van der Waals surface area contributed by atoms with E-state index in [0.29, 0.717) is 0 Å². The number of hydrogen-bond donors (Lipinski definition) is 5. The maximum absolute atomic E-state index is 11.1. The molecule has 1 saturated heterocycles. The van der Waals surface area contributed by atoms with Crippen LogP contribution in [0, 0.1) is 0 Å². The molecular formula is C6H11O8P. The number of fused-ring (bicyclic) bond motifs is 2. The van der Waals surface area contributed by atoms with Gasteiger partial charge in [0.1, 0.15) is 36.6 Å². The van der Waals surface area contributed by atoms with Gasteiger partial charge in [0.2, 0.25) is 0 Å². The Balaban J connectivity index is 2.32. The first kappa shape index (κ1) is 11.4. The monoisotopic (exact) mass is 242 g/mol. The highest BCUT2D eigenvalue weighted by Crippen LogP contribution is 2.53. The fraction of sp³-hybridized carbons (Fsp3) is 1.00. The molecule has 0 amide bonds. The van der Waals surface area contributed by atoms with Crippen molar-refractivity contribution in [2.75, 3.05) is 0 Å². The van der Waals surface area contributed by atoms with E-state index in [-0.39, 0.29) is 0 Å². The standard InChI is InChI=1S/C6H11O8P/c7-1-2(8)5-4(10)6(3(1)9)14-15(11,12)13-5/h1-10H,(H,11,12)/t1?,2-,3+,4?,5+,6-. The quantitative estimate of drug-likeness (QED) is 0.290. The van der Waals surface area contributed by atoms with Crippen molar-refractivity contribution in [1.29, 1.82) is 0 Å². The number of phosphoric acid groups is 1. The van der Waals surface area contributed by atoms with E-state index in [4.69, 9.17) is 4.89 Å². The van der Waals surface area contributed by atoms with E-state index in [0.717, 1.165) is 0 Å². The summed E-state index contributed by atoms with van der Waals surface area (Å²) in [5, 5.41) is 37.5. The first-order chi connectivity index (χ1) is 6.83. The normalized spacial score (nSPS) is 60.3. The van der Waals surface area contributed by atoms with Crippen molar-refractivity contribution in [3.8, 4) is 0 Å². The number of aliphatic hydroxyl groups is 4. The second kappa shape index (κ2) is 3.47. The zero-order valence-electron chi connectivity index (χ0n) is 7.37. The topological polar surface area (TPSA) is 137 Å². The zero-order valence-corrected chi connectivity index (χ0v) is 8.27. The Morgan fingerprint density at radius 1 is 0.800 bits per heavy atom. The predicted molar refractivity (Wildman–Crippen MR) is 43.6 cm³/mol. The number of phosphoric ester groups is 1. The maximum atomic E-state index is 11.1. The van der Waals surface area contributed by atoms with Gasteiger partial charge < -0.3 is 25.3 Å². The minimum absolute atomic E-state index is 1.45. The Morgan fingerprint density at radius 3 is 1.60 bits per heavy atom. The van der Waals surface area contributed by atoms with Crippen LogP contribution in [0.3, 0.4) is 0 Å². The summed E-state index contributed by atoms with van der Waals surface area (Å²) >= 11 is 0. The van der Waals surface area contributed by atoms with Crippen LogP contribution in [0.5, 0.6) is 0 Å². The molecule has 3 unspecified atom stereocenters. The summed E-state index contributed by atoms with van der Waals surface area (Å²) in [5.74, 6) is 0. The molecule has 1 aliphatic carbocycles. The molecule has 15 heavy (non-hydrogen) atoms. The van der Waals surface area contributed by atoms with Crippen molar-refractivity contribution in [2.24, 2.45) is 0 Å². The Bertz CT molecular complexity index is 276. The van der Waals surface area contributed by atoms with E-state index >= 15 is 0 Å². The summed E-state index contributed by atoms with van der Waals surface area (Å²) in [4.78, 5) is 9.02. The number of aliphatic hydroxyl groups excluding tert-OH is 4. The average Bonchev–Trinajstić information content (AvgIpc) is 2.16. The van der Waals surface area contributed by atoms with Gasteiger partial charge in [-0.25, -0.2) is 4.57 Å². The Hall–Kier alpha value is -0.0500. The molecule has 2 rings (SSSR count). The van der Waals surface area contributed by atoms with E-state index < -0.39 is 44.4 Å². The summed E-state index contributed by atoms with van der Waals surface area (Å²) < 4.78 is 19.9. The van der Waals surface area contributed by atoms with Gasteiger partial charge in [0.05, 0.1) is 0 Å². The van der Waals surface area contributed by atoms with Crippen LogP contribution in [-0.2, 0) is 13.6 Å². The lowest BCUT2D eigenvalue weighted by molar-refractivity contribution is -0.238. The third-order valence-corrected chi connectivity index (χ3v) is 3.58. The minimum Gasteiger partial charge on any atom is -0.387 e. The van der Waals surface area contributed by atoms with Crippen LogP contribution in [0.1, 0.15) is 0 Å². The first-order valence-corrected chi connectivity index (χ1v) is 5.75. The van der Waals surface area contributed by atoms with E-state index in [2.05, 4.69) is 9.05 Å². The fourth-order valence-electron chi connectivity index (χ4n) is 1.76. The van der Waals surface area contributed by atoms with Gasteiger partial charge in [-0.1, -0.05) is 0 Å². The van der Waals surface area contributed by atoms with Gasteiger partial charge in [-0.3, -0.25) is 9.05 Å². The molecule has 0 aromatic rings. The highest BCUT2D eigenvalue weighted by molar-refractivity contribution is 7.47. The van der Waals surface area contributed by atoms with Gasteiger partial charge in [-0.2, -0.15) is 0 Å². The summed E-state index contributed by atoms with van der Waals surface area (Å²) in [7, 11) is -4.39. The van der Waals surface area contributed by atoms with Gasteiger partial charge >= 0.3 is 7.82 Å². The molecule has 5 N–H and O–H groups in total. The van der Waals surface area contributed by atoms with E-state index in [1.54, 1.807) is 0 Å². The molecule has 88 valence electrons. The fourth-order valence-corrected chi connectivity index (χ4v) is 2.93. The van der Waals surface area contributed by atoms with Crippen molar-refractivity contribution in [1.82, 2.24) is 0 Å². The van der Waals surface area contributed by atoms with Crippen LogP contribution in [0.4, 0.5) is 0 Å². The van der Waals surface area contributed by atoms with Crippen molar-refractivity contribution in [2.45, 2.75) is 36.6 Å². The third-order valence-electron chi connectivity index (χ3n) is 2.56. The molecule has 0 radical (unpaired) electrons. The van der Waals surface area contributed by atoms with E-state index in [1.165, 1.54) is 0 Å². The van der Waals surface area contributed by atoms with Gasteiger partial charge in [0.25, 0.3) is 0 Å². The maximum Gasteiger partial charge on any atom is 0.473 e. The molecule has 1 heterocycles. The van der Waals surface area contributed by atoms with Crippen molar-refractivity contribution >= 4 is 7.82 Å². The summed E-state index contributed by atoms with van der Waals surface area (Å²) in [6.07, 6.45) is -9.24. The smallest absolute Gasteiger partial charge is 0.387 e. The van der Waals surface area contributed by atoms with E-state index in [9.17, 15) is 25.0 Å². The molecule has 2 bridgehead atoms. The van der Waals surface area contributed by atoms with Crippen molar-refractivity contribution in [3.05, 3.63) is 0 Å². The first-order valence-electron chi connectivity index (χ1n) is 4.25. The SMILES string of the molecule is O=P1(O)O[C@@H]2C(O)[C@H](O1)[C@@H](O)C(O)[C@H]2O. The Labute approximate surface area is 84.3 Å². The molecular weight excluding hydrogens is 231 g/mol. The molecule has 2 fully saturated rings. The Morgan fingerprint density at radius 2 is 1.20 bits per heavy atom. The van der Waals surface area contributed by atoms with Gasteiger partial charge in [-0.05, 0) is 0 Å². The molecule has 2 aliphatic rings. The van der Waals surface area contributed by atoms with Crippen LogP contribution in [0.2, 0.25) is 0 Å². The average molecular weight is 242 g/mol. The minimum atomic E-state index is -4.39. The highest BCUT2D eigenvalue weighted by Gasteiger charge is 2.57. The lowest BCUT2D eigenvalue weighted by atomic mass is 9.85. The third kappa shape index (κ3) is 1.73. The van der Waals surface area contributed by atoms with Crippen LogP contribution < -0.4 is 0 Å². The van der Waals surface area contributed by atoms with Crippen LogP contribution in [0.25, 0.3) is 0 Å². The molecule has 9 heteroatoms. The lowest BCUT2D eigenvalue weighted by Gasteiger charge is -2.47. The summed E-state index contributed by atoms with van der Waals surface area (Å²) in [6.45, 7) is 0. The largest absolute Gasteiger partial charge is 0.473 e. The second-order valence-corrected chi connectivity index (χ2v) is 4.93. The van der Waals surface area contributed by atoms with Crippen LogP contribution >= 0.6 is 7.82 Å². The molecule has 0 aromatic carbocycles. The van der Waals surface area contributed by atoms with Gasteiger partial charge in [0.15, 0.2) is 0 Å². The van der Waals surface area contributed by atoms with Crippen molar-refractivity contribution in [3.63, 3.8) is 0 Å². The summed E-state index contributed by atoms with van der Waals surface area (Å²) in [6, 6.07) is 0. The highest BCUT2D eigenvalue weighted by atomic mass is 31.2. The molecule has 0 aromatic heterocycles.